The van der Waals surface area contributed by atoms with Crippen molar-refractivity contribution in [2.45, 2.75) is 43.7 Å². The van der Waals surface area contributed by atoms with E-state index in [9.17, 15) is 9.90 Å². The summed E-state index contributed by atoms with van der Waals surface area (Å²) in [4.78, 5) is 15.1. The molecule has 0 aromatic heterocycles. The SMILES string of the molecule is O=C(c1ccccc1)N1CC[C@@](O)(c2ccccc2)[C@H]2CCCC[C@H]21. The molecule has 4 rings (SSSR count). The molecular formula is C22H25NO2. The average Bonchev–Trinajstić information content (AvgIpc) is 2.69. The van der Waals surface area contributed by atoms with E-state index in [1.807, 2.05) is 65.6 Å². The van der Waals surface area contributed by atoms with Gasteiger partial charge in [-0.25, -0.2) is 0 Å². The zero-order chi connectivity index (χ0) is 17.3. The number of hydrogen-bond donors (Lipinski definition) is 1. The molecule has 25 heavy (non-hydrogen) atoms. The average molecular weight is 335 g/mol. The summed E-state index contributed by atoms with van der Waals surface area (Å²) in [6.07, 6.45) is 4.83. The van der Waals surface area contributed by atoms with Crippen LogP contribution in [0.25, 0.3) is 0 Å². The lowest BCUT2D eigenvalue weighted by molar-refractivity contribution is -0.110. The van der Waals surface area contributed by atoms with Gasteiger partial charge in [0.1, 0.15) is 0 Å². The van der Waals surface area contributed by atoms with Crippen LogP contribution in [0.15, 0.2) is 60.7 Å². The molecule has 1 heterocycles. The van der Waals surface area contributed by atoms with E-state index in [0.29, 0.717) is 13.0 Å². The molecular weight excluding hydrogens is 310 g/mol. The maximum absolute atomic E-state index is 13.0. The zero-order valence-electron chi connectivity index (χ0n) is 14.5. The lowest BCUT2D eigenvalue weighted by Gasteiger charge is -2.52. The fourth-order valence-corrected chi connectivity index (χ4v) is 4.77. The van der Waals surface area contributed by atoms with Crippen molar-refractivity contribution in [2.24, 2.45) is 5.92 Å². The van der Waals surface area contributed by atoms with E-state index in [4.69, 9.17) is 0 Å². The van der Waals surface area contributed by atoms with Gasteiger partial charge in [-0.05, 0) is 37.0 Å². The standard InChI is InChI=1S/C22H25NO2/c24-21(17-9-3-1-4-10-17)23-16-15-22(25,18-11-5-2-6-12-18)19-13-7-8-14-20(19)23/h1-6,9-12,19-20,25H,7-8,13-16H2/t19-,20+,22+/m0/s1. The second-order valence-electron chi connectivity index (χ2n) is 7.36. The highest BCUT2D eigenvalue weighted by Crippen LogP contribution is 2.47. The molecule has 0 bridgehead atoms. The number of aliphatic hydroxyl groups is 1. The first-order chi connectivity index (χ1) is 12.2. The molecule has 3 nitrogen and oxygen atoms in total. The molecule has 1 saturated heterocycles. The van der Waals surface area contributed by atoms with Crippen LogP contribution in [0.5, 0.6) is 0 Å². The van der Waals surface area contributed by atoms with Crippen molar-refractivity contribution >= 4 is 5.91 Å². The number of benzene rings is 2. The van der Waals surface area contributed by atoms with Crippen LogP contribution in [-0.4, -0.2) is 28.5 Å². The predicted molar refractivity (Wildman–Crippen MR) is 98.2 cm³/mol. The number of fused-ring (bicyclic) bond motifs is 1. The Hall–Kier alpha value is -2.13. The van der Waals surface area contributed by atoms with Crippen molar-refractivity contribution in [3.8, 4) is 0 Å². The predicted octanol–water partition coefficient (Wildman–Crippen LogP) is 3.98. The van der Waals surface area contributed by atoms with Crippen molar-refractivity contribution in [2.75, 3.05) is 6.54 Å². The van der Waals surface area contributed by atoms with Gasteiger partial charge in [0.15, 0.2) is 0 Å². The zero-order valence-corrected chi connectivity index (χ0v) is 14.5. The molecule has 1 aliphatic heterocycles. The van der Waals surface area contributed by atoms with Gasteiger partial charge < -0.3 is 10.0 Å². The maximum atomic E-state index is 13.0. The smallest absolute Gasteiger partial charge is 0.254 e. The maximum Gasteiger partial charge on any atom is 0.254 e. The van der Waals surface area contributed by atoms with Crippen molar-refractivity contribution in [1.29, 1.82) is 0 Å². The van der Waals surface area contributed by atoms with E-state index in [0.717, 1.165) is 36.8 Å². The molecule has 1 N–H and O–H groups in total. The number of carbonyl (C=O) groups is 1. The van der Waals surface area contributed by atoms with Crippen molar-refractivity contribution < 1.29 is 9.90 Å². The van der Waals surface area contributed by atoms with Crippen LogP contribution >= 0.6 is 0 Å². The van der Waals surface area contributed by atoms with Crippen LogP contribution in [0, 0.1) is 5.92 Å². The quantitative estimate of drug-likeness (QED) is 0.902. The monoisotopic (exact) mass is 335 g/mol. The van der Waals surface area contributed by atoms with Gasteiger partial charge in [-0.2, -0.15) is 0 Å². The third-order valence-electron chi connectivity index (χ3n) is 6.03. The minimum atomic E-state index is -0.820. The van der Waals surface area contributed by atoms with E-state index >= 15 is 0 Å². The largest absolute Gasteiger partial charge is 0.385 e. The topological polar surface area (TPSA) is 40.5 Å². The molecule has 3 atom stereocenters. The van der Waals surface area contributed by atoms with Gasteiger partial charge in [0.2, 0.25) is 0 Å². The van der Waals surface area contributed by atoms with Crippen LogP contribution in [0.1, 0.15) is 48.0 Å². The van der Waals surface area contributed by atoms with Gasteiger partial charge in [0.05, 0.1) is 5.60 Å². The second-order valence-corrected chi connectivity index (χ2v) is 7.36. The summed E-state index contributed by atoms with van der Waals surface area (Å²) in [7, 11) is 0. The fourth-order valence-electron chi connectivity index (χ4n) is 4.77. The molecule has 0 spiro atoms. The van der Waals surface area contributed by atoms with E-state index in [-0.39, 0.29) is 17.9 Å². The Morgan fingerprint density at radius 1 is 0.960 bits per heavy atom. The Morgan fingerprint density at radius 2 is 1.60 bits per heavy atom. The molecule has 0 radical (unpaired) electrons. The van der Waals surface area contributed by atoms with Crippen molar-refractivity contribution in [1.82, 2.24) is 4.90 Å². The molecule has 2 aromatic rings. The number of rotatable bonds is 2. The Morgan fingerprint density at radius 3 is 2.32 bits per heavy atom. The highest BCUT2D eigenvalue weighted by Gasteiger charge is 2.50. The van der Waals surface area contributed by atoms with Gasteiger partial charge >= 0.3 is 0 Å². The lowest BCUT2D eigenvalue weighted by Crippen LogP contribution is -2.58. The summed E-state index contributed by atoms with van der Waals surface area (Å²) in [5, 5.41) is 11.6. The molecule has 2 fully saturated rings. The molecule has 2 aromatic carbocycles. The summed E-state index contributed by atoms with van der Waals surface area (Å²) in [5.41, 5.74) is 0.926. The Bertz CT molecular complexity index is 730. The summed E-state index contributed by atoms with van der Waals surface area (Å²) in [6.45, 7) is 0.611. The van der Waals surface area contributed by atoms with Crippen LogP contribution in [0.2, 0.25) is 0 Å². The minimum absolute atomic E-state index is 0.104. The van der Waals surface area contributed by atoms with Crippen LogP contribution in [-0.2, 0) is 5.60 Å². The van der Waals surface area contributed by atoms with Crippen molar-refractivity contribution in [3.05, 3.63) is 71.8 Å². The minimum Gasteiger partial charge on any atom is -0.385 e. The summed E-state index contributed by atoms with van der Waals surface area (Å²) < 4.78 is 0. The highest BCUT2D eigenvalue weighted by atomic mass is 16.3. The number of carbonyl (C=O) groups excluding carboxylic acids is 1. The highest BCUT2D eigenvalue weighted by molar-refractivity contribution is 5.94. The first kappa shape index (κ1) is 16.3. The second kappa shape index (κ2) is 6.64. The third-order valence-corrected chi connectivity index (χ3v) is 6.03. The number of amides is 1. The Kier molecular flexibility index (Phi) is 4.34. The third kappa shape index (κ3) is 2.87. The normalized spacial score (nSPS) is 29.1. The number of likely N-dealkylation sites (tertiary alicyclic amines) is 1. The summed E-state index contributed by atoms with van der Waals surface area (Å²) >= 11 is 0. The number of nitrogens with zero attached hydrogens (tertiary/aromatic N) is 1. The molecule has 130 valence electrons. The van der Waals surface area contributed by atoms with Gasteiger partial charge in [0, 0.05) is 24.1 Å². The summed E-state index contributed by atoms with van der Waals surface area (Å²) in [5.74, 6) is 0.220. The van der Waals surface area contributed by atoms with E-state index in [1.54, 1.807) is 0 Å². The molecule has 1 saturated carbocycles. The van der Waals surface area contributed by atoms with E-state index < -0.39 is 5.60 Å². The van der Waals surface area contributed by atoms with Crippen LogP contribution < -0.4 is 0 Å². The molecule has 3 heteroatoms. The van der Waals surface area contributed by atoms with E-state index in [2.05, 4.69) is 0 Å². The Balaban J connectivity index is 1.66. The molecule has 0 unspecified atom stereocenters. The van der Waals surface area contributed by atoms with Gasteiger partial charge in [0.25, 0.3) is 5.91 Å². The first-order valence-electron chi connectivity index (χ1n) is 9.34. The fraction of sp³-hybridized carbons (Fsp3) is 0.409. The first-order valence-corrected chi connectivity index (χ1v) is 9.34. The van der Waals surface area contributed by atoms with Gasteiger partial charge in [-0.3, -0.25) is 4.79 Å². The summed E-state index contributed by atoms with van der Waals surface area (Å²) in [6, 6.07) is 19.7. The van der Waals surface area contributed by atoms with Crippen LogP contribution in [0.3, 0.4) is 0 Å². The molecule has 1 amide bonds. The van der Waals surface area contributed by atoms with Gasteiger partial charge in [-0.15, -0.1) is 0 Å². The molecule has 1 aliphatic carbocycles. The molecule has 2 aliphatic rings. The van der Waals surface area contributed by atoms with Crippen LogP contribution in [0.4, 0.5) is 0 Å². The number of piperidine rings is 1. The lowest BCUT2D eigenvalue weighted by atomic mass is 9.66. The Labute approximate surface area is 149 Å². The van der Waals surface area contributed by atoms with Crippen molar-refractivity contribution in [3.63, 3.8) is 0 Å². The van der Waals surface area contributed by atoms with E-state index in [1.165, 1.54) is 0 Å². The van der Waals surface area contributed by atoms with Gasteiger partial charge in [-0.1, -0.05) is 61.4 Å². The number of hydrogen-bond acceptors (Lipinski definition) is 2.